The van der Waals surface area contributed by atoms with Crippen molar-refractivity contribution >= 4 is 17.8 Å². The number of likely N-dealkylation sites (tertiary alicyclic amines) is 1. The molecule has 0 spiro atoms. The maximum absolute atomic E-state index is 12.2. The third-order valence-electron chi connectivity index (χ3n) is 3.68. The van der Waals surface area contributed by atoms with Crippen LogP contribution in [0.2, 0.25) is 0 Å². The first-order chi connectivity index (χ1) is 11.4. The number of methoxy groups -OCH3 is 1. The monoisotopic (exact) mass is 332 g/mol. The molecule has 0 aromatic heterocycles. The van der Waals surface area contributed by atoms with Crippen molar-refractivity contribution in [2.24, 2.45) is 0 Å². The Morgan fingerprint density at radius 1 is 1.25 bits per heavy atom. The molecule has 1 aromatic rings. The molecule has 1 heterocycles. The standard InChI is InChI=1S/C17H20N2O5/c1-10(2)14(17(23)24-3)19-15(21)13(16(19)22)18-12(20)9-11-7-5-4-6-8-11/h4-8,13,15,21H,9H2,1-3H3,(H,18,20)/t13-,15+/m0/s1. The molecule has 1 aliphatic heterocycles. The smallest absolute Gasteiger partial charge is 0.354 e. The molecule has 2 rings (SSSR count). The summed E-state index contributed by atoms with van der Waals surface area (Å²) in [5.74, 6) is -1.64. The molecule has 2 amide bonds. The normalized spacial score (nSPS) is 19.3. The van der Waals surface area contributed by atoms with Gasteiger partial charge in [-0.25, -0.2) is 4.79 Å². The van der Waals surface area contributed by atoms with E-state index in [2.05, 4.69) is 10.1 Å². The molecule has 128 valence electrons. The second kappa shape index (κ2) is 7.27. The minimum absolute atomic E-state index is 0.0106. The Bertz CT molecular complexity index is 679. The van der Waals surface area contributed by atoms with E-state index in [0.717, 1.165) is 10.5 Å². The minimum atomic E-state index is -1.30. The molecule has 1 saturated heterocycles. The molecule has 1 aliphatic rings. The van der Waals surface area contributed by atoms with Gasteiger partial charge < -0.3 is 15.2 Å². The number of esters is 1. The summed E-state index contributed by atoms with van der Waals surface area (Å²) in [6.07, 6.45) is -1.20. The van der Waals surface area contributed by atoms with Crippen molar-refractivity contribution < 1.29 is 24.2 Å². The molecular formula is C17H20N2O5. The first-order valence-electron chi connectivity index (χ1n) is 7.47. The number of hydrogen-bond acceptors (Lipinski definition) is 5. The summed E-state index contributed by atoms with van der Waals surface area (Å²) in [6.45, 7) is 3.27. The zero-order valence-electron chi connectivity index (χ0n) is 13.8. The molecule has 0 radical (unpaired) electrons. The Hall–Kier alpha value is -2.67. The molecule has 0 aliphatic carbocycles. The van der Waals surface area contributed by atoms with Gasteiger partial charge in [-0.1, -0.05) is 30.3 Å². The van der Waals surface area contributed by atoms with Crippen LogP contribution in [0.15, 0.2) is 41.6 Å². The summed E-state index contributed by atoms with van der Waals surface area (Å²) in [7, 11) is 1.20. The number of ether oxygens (including phenoxy) is 1. The minimum Gasteiger partial charge on any atom is -0.464 e. The summed E-state index contributed by atoms with van der Waals surface area (Å²) < 4.78 is 4.63. The number of benzene rings is 1. The fourth-order valence-corrected chi connectivity index (χ4v) is 2.50. The summed E-state index contributed by atoms with van der Waals surface area (Å²) in [5.41, 5.74) is 1.32. The van der Waals surface area contributed by atoms with E-state index in [1.165, 1.54) is 7.11 Å². The highest BCUT2D eigenvalue weighted by atomic mass is 16.5. The molecule has 0 unspecified atom stereocenters. The maximum atomic E-state index is 12.2. The van der Waals surface area contributed by atoms with Crippen molar-refractivity contribution in [3.8, 4) is 0 Å². The van der Waals surface area contributed by atoms with E-state index >= 15 is 0 Å². The van der Waals surface area contributed by atoms with Gasteiger partial charge in [0.15, 0.2) is 12.3 Å². The van der Waals surface area contributed by atoms with Crippen LogP contribution in [0.1, 0.15) is 19.4 Å². The highest BCUT2D eigenvalue weighted by molar-refractivity contribution is 6.01. The van der Waals surface area contributed by atoms with E-state index < -0.39 is 24.1 Å². The van der Waals surface area contributed by atoms with Gasteiger partial charge in [0, 0.05) is 0 Å². The summed E-state index contributed by atoms with van der Waals surface area (Å²) >= 11 is 0. The third-order valence-corrected chi connectivity index (χ3v) is 3.68. The van der Waals surface area contributed by atoms with E-state index in [-0.39, 0.29) is 18.0 Å². The molecule has 0 saturated carbocycles. The average Bonchev–Trinajstić information content (AvgIpc) is 2.57. The first-order valence-corrected chi connectivity index (χ1v) is 7.47. The van der Waals surface area contributed by atoms with Crippen LogP contribution in [0.25, 0.3) is 0 Å². The van der Waals surface area contributed by atoms with Crippen LogP contribution in [0.4, 0.5) is 0 Å². The van der Waals surface area contributed by atoms with Crippen molar-refractivity contribution in [2.45, 2.75) is 32.5 Å². The van der Waals surface area contributed by atoms with E-state index in [1.54, 1.807) is 26.0 Å². The molecule has 1 fully saturated rings. The van der Waals surface area contributed by atoms with E-state index in [4.69, 9.17) is 0 Å². The predicted molar refractivity (Wildman–Crippen MR) is 85.3 cm³/mol. The van der Waals surface area contributed by atoms with Crippen LogP contribution in [-0.2, 0) is 25.5 Å². The van der Waals surface area contributed by atoms with Crippen LogP contribution in [0.3, 0.4) is 0 Å². The average molecular weight is 332 g/mol. The lowest BCUT2D eigenvalue weighted by atomic mass is 10.0. The Morgan fingerprint density at radius 3 is 2.38 bits per heavy atom. The number of β-lactam (4-membered cyclic amide) rings is 1. The number of amides is 2. The van der Waals surface area contributed by atoms with Crippen LogP contribution >= 0.6 is 0 Å². The maximum Gasteiger partial charge on any atom is 0.354 e. The molecular weight excluding hydrogens is 312 g/mol. The fourth-order valence-electron chi connectivity index (χ4n) is 2.50. The van der Waals surface area contributed by atoms with Crippen molar-refractivity contribution in [3.63, 3.8) is 0 Å². The van der Waals surface area contributed by atoms with Crippen molar-refractivity contribution in [3.05, 3.63) is 47.2 Å². The van der Waals surface area contributed by atoms with Gasteiger partial charge in [-0.2, -0.15) is 0 Å². The Labute approximate surface area is 139 Å². The number of hydrogen-bond donors (Lipinski definition) is 2. The topological polar surface area (TPSA) is 95.9 Å². The van der Waals surface area contributed by atoms with Gasteiger partial charge in [-0.05, 0) is 25.0 Å². The largest absolute Gasteiger partial charge is 0.464 e. The lowest BCUT2D eigenvalue weighted by molar-refractivity contribution is -0.172. The van der Waals surface area contributed by atoms with Crippen molar-refractivity contribution in [1.82, 2.24) is 10.2 Å². The second-order valence-corrected chi connectivity index (χ2v) is 5.67. The number of rotatable bonds is 5. The third kappa shape index (κ3) is 3.46. The summed E-state index contributed by atoms with van der Waals surface area (Å²) in [6, 6.07) is 7.98. The molecule has 0 bridgehead atoms. The van der Waals surface area contributed by atoms with E-state index in [1.807, 2.05) is 18.2 Å². The zero-order valence-corrected chi connectivity index (χ0v) is 13.8. The lowest BCUT2D eigenvalue weighted by Gasteiger charge is -2.44. The quantitative estimate of drug-likeness (QED) is 0.460. The number of aliphatic hydroxyl groups is 1. The summed E-state index contributed by atoms with van der Waals surface area (Å²) in [4.78, 5) is 37.0. The highest BCUT2D eigenvalue weighted by Gasteiger charge is 2.50. The molecule has 1 aromatic carbocycles. The van der Waals surface area contributed by atoms with Gasteiger partial charge in [0.05, 0.1) is 13.5 Å². The lowest BCUT2D eigenvalue weighted by Crippen LogP contribution is -2.71. The second-order valence-electron chi connectivity index (χ2n) is 5.67. The van der Waals surface area contributed by atoms with Gasteiger partial charge in [0.25, 0.3) is 5.91 Å². The van der Waals surface area contributed by atoms with E-state index in [0.29, 0.717) is 5.57 Å². The van der Waals surface area contributed by atoms with Gasteiger partial charge >= 0.3 is 5.97 Å². The number of aliphatic hydroxyl groups excluding tert-OH is 1. The molecule has 24 heavy (non-hydrogen) atoms. The van der Waals surface area contributed by atoms with Crippen molar-refractivity contribution in [1.29, 1.82) is 0 Å². The molecule has 7 nitrogen and oxygen atoms in total. The molecule has 2 atom stereocenters. The first kappa shape index (κ1) is 17.7. The van der Waals surface area contributed by atoms with Crippen molar-refractivity contribution in [2.75, 3.05) is 7.11 Å². The van der Waals surface area contributed by atoms with E-state index in [9.17, 15) is 19.5 Å². The number of allylic oxidation sites excluding steroid dienone is 1. The highest BCUT2D eigenvalue weighted by Crippen LogP contribution is 2.26. The Kier molecular flexibility index (Phi) is 5.35. The van der Waals surface area contributed by atoms with Gasteiger partial charge in [-0.15, -0.1) is 0 Å². The fraction of sp³-hybridized carbons (Fsp3) is 0.353. The van der Waals surface area contributed by atoms with Crippen LogP contribution in [-0.4, -0.2) is 47.2 Å². The molecule has 2 N–H and O–H groups in total. The Balaban J connectivity index is 2.03. The number of carbonyl (C=O) groups excluding carboxylic acids is 3. The van der Waals surface area contributed by atoms with Gasteiger partial charge in [-0.3, -0.25) is 14.5 Å². The van der Waals surface area contributed by atoms with Crippen LogP contribution in [0, 0.1) is 0 Å². The number of carbonyl (C=O) groups is 3. The zero-order chi connectivity index (χ0) is 17.9. The number of nitrogens with one attached hydrogen (secondary N) is 1. The SMILES string of the molecule is COC(=O)C(=C(C)C)N1C(=O)[C@@H](NC(=O)Cc2ccccc2)[C@H]1O. The van der Waals surface area contributed by atoms with Gasteiger partial charge in [0.2, 0.25) is 5.91 Å². The van der Waals surface area contributed by atoms with Crippen LogP contribution in [0.5, 0.6) is 0 Å². The molecule has 7 heteroatoms. The predicted octanol–water partition coefficient (Wildman–Crippen LogP) is 0.341. The Morgan fingerprint density at radius 2 is 1.88 bits per heavy atom. The van der Waals surface area contributed by atoms with Gasteiger partial charge in [0.1, 0.15) is 5.70 Å². The van der Waals surface area contributed by atoms with Crippen LogP contribution < -0.4 is 5.32 Å². The number of nitrogens with zero attached hydrogens (tertiary/aromatic N) is 1. The summed E-state index contributed by atoms with van der Waals surface area (Å²) in [5, 5.41) is 12.7.